The highest BCUT2D eigenvalue weighted by molar-refractivity contribution is 5.90. The van der Waals surface area contributed by atoms with Crippen molar-refractivity contribution in [3.63, 3.8) is 0 Å². The summed E-state index contributed by atoms with van der Waals surface area (Å²) in [5, 5.41) is 2.93. The molecule has 1 aromatic carbocycles. The van der Waals surface area contributed by atoms with E-state index in [1.807, 2.05) is 42.3 Å². The van der Waals surface area contributed by atoms with Gasteiger partial charge in [0.1, 0.15) is 0 Å². The lowest BCUT2D eigenvalue weighted by atomic mass is 9.86. The van der Waals surface area contributed by atoms with Crippen LogP contribution < -0.4 is 5.32 Å². The molecule has 1 saturated heterocycles. The normalized spacial score (nSPS) is 26.2. The third-order valence-corrected chi connectivity index (χ3v) is 5.96. The molecule has 1 atom stereocenters. The summed E-state index contributed by atoms with van der Waals surface area (Å²) in [4.78, 5) is 29.3. The minimum absolute atomic E-state index is 0.0744. The van der Waals surface area contributed by atoms with Crippen molar-refractivity contribution >= 4 is 17.6 Å². The van der Waals surface area contributed by atoms with Gasteiger partial charge in [0.15, 0.2) is 0 Å². The first-order chi connectivity index (χ1) is 12.5. The number of nitrogens with one attached hydrogen (secondary N) is 1. The van der Waals surface area contributed by atoms with Gasteiger partial charge in [0.2, 0.25) is 5.91 Å². The number of likely N-dealkylation sites (tertiary alicyclic amines) is 1. The van der Waals surface area contributed by atoms with E-state index in [4.69, 9.17) is 0 Å². The largest absolute Gasteiger partial charge is 0.342 e. The van der Waals surface area contributed by atoms with Crippen LogP contribution in [-0.4, -0.2) is 47.9 Å². The topological polar surface area (TPSA) is 52.7 Å². The predicted octanol–water partition coefficient (Wildman–Crippen LogP) is 3.97. The van der Waals surface area contributed by atoms with E-state index in [-0.39, 0.29) is 17.9 Å². The van der Waals surface area contributed by atoms with Crippen molar-refractivity contribution in [3.05, 3.63) is 30.3 Å². The summed E-state index contributed by atoms with van der Waals surface area (Å²) < 4.78 is 0. The first-order valence-corrected chi connectivity index (χ1v) is 9.92. The van der Waals surface area contributed by atoms with Crippen molar-refractivity contribution in [2.24, 2.45) is 11.8 Å². The van der Waals surface area contributed by atoms with Gasteiger partial charge in [-0.1, -0.05) is 25.1 Å². The number of hydrogen-bond donors (Lipinski definition) is 1. The zero-order valence-electron chi connectivity index (χ0n) is 16.0. The highest BCUT2D eigenvalue weighted by Crippen LogP contribution is 2.28. The smallest absolute Gasteiger partial charge is 0.321 e. The molecule has 3 rings (SSSR count). The SMILES string of the molecule is CC1CCC(N(C)C(=O)C2CCCN(C(=O)Nc3ccccc3)C2)CC1. The Bertz CT molecular complexity index is 611. The van der Waals surface area contributed by atoms with Crippen molar-refractivity contribution in [3.8, 4) is 0 Å². The molecule has 1 aromatic rings. The van der Waals surface area contributed by atoms with Crippen LogP contribution >= 0.6 is 0 Å². The van der Waals surface area contributed by atoms with E-state index in [9.17, 15) is 9.59 Å². The van der Waals surface area contributed by atoms with Crippen LogP contribution in [0.25, 0.3) is 0 Å². The van der Waals surface area contributed by atoms with Crippen LogP contribution in [0.4, 0.5) is 10.5 Å². The average molecular weight is 357 g/mol. The molecule has 3 amide bonds. The zero-order valence-corrected chi connectivity index (χ0v) is 16.0. The highest BCUT2D eigenvalue weighted by atomic mass is 16.2. The van der Waals surface area contributed by atoms with Gasteiger partial charge in [-0.25, -0.2) is 4.79 Å². The third kappa shape index (κ3) is 4.57. The number of rotatable bonds is 3. The lowest BCUT2D eigenvalue weighted by Gasteiger charge is -2.38. The van der Waals surface area contributed by atoms with E-state index in [1.54, 1.807) is 4.90 Å². The molecular weight excluding hydrogens is 326 g/mol. The number of benzene rings is 1. The van der Waals surface area contributed by atoms with E-state index < -0.39 is 0 Å². The van der Waals surface area contributed by atoms with Crippen LogP contribution in [0.5, 0.6) is 0 Å². The quantitative estimate of drug-likeness (QED) is 0.890. The molecule has 5 nitrogen and oxygen atoms in total. The summed E-state index contributed by atoms with van der Waals surface area (Å²) in [6, 6.07) is 9.74. The fraction of sp³-hybridized carbons (Fsp3) is 0.619. The standard InChI is InChI=1S/C21H31N3O2/c1-16-10-12-19(13-11-16)23(2)20(25)17-7-6-14-24(15-17)21(26)22-18-8-4-3-5-9-18/h3-5,8-9,16-17,19H,6-7,10-15H2,1-2H3,(H,22,26). The Labute approximate surface area is 156 Å². The van der Waals surface area contributed by atoms with Gasteiger partial charge in [0.05, 0.1) is 5.92 Å². The summed E-state index contributed by atoms with van der Waals surface area (Å²) in [5.74, 6) is 0.915. The van der Waals surface area contributed by atoms with E-state index in [0.717, 1.165) is 37.3 Å². The minimum atomic E-state index is -0.108. The van der Waals surface area contributed by atoms with Gasteiger partial charge in [-0.15, -0.1) is 0 Å². The van der Waals surface area contributed by atoms with Crippen LogP contribution in [-0.2, 0) is 4.79 Å². The molecule has 1 aliphatic heterocycles. The molecule has 1 aliphatic carbocycles. The maximum absolute atomic E-state index is 13.0. The molecule has 0 radical (unpaired) electrons. The zero-order chi connectivity index (χ0) is 18.5. The summed E-state index contributed by atoms with van der Waals surface area (Å²) in [7, 11) is 1.95. The number of amides is 3. The first-order valence-electron chi connectivity index (χ1n) is 9.92. The minimum Gasteiger partial charge on any atom is -0.342 e. The van der Waals surface area contributed by atoms with Crippen molar-refractivity contribution in [1.82, 2.24) is 9.80 Å². The van der Waals surface area contributed by atoms with Crippen LogP contribution in [0, 0.1) is 11.8 Å². The number of anilines is 1. The van der Waals surface area contributed by atoms with Gasteiger partial charge in [-0.2, -0.15) is 0 Å². The van der Waals surface area contributed by atoms with E-state index in [2.05, 4.69) is 12.2 Å². The Morgan fingerprint density at radius 2 is 1.77 bits per heavy atom. The van der Waals surface area contributed by atoms with Crippen molar-refractivity contribution in [2.75, 3.05) is 25.5 Å². The van der Waals surface area contributed by atoms with Crippen molar-refractivity contribution in [1.29, 1.82) is 0 Å². The third-order valence-electron chi connectivity index (χ3n) is 5.96. The second-order valence-corrected chi connectivity index (χ2v) is 7.94. The average Bonchev–Trinajstić information content (AvgIpc) is 2.68. The Hall–Kier alpha value is -2.04. The van der Waals surface area contributed by atoms with E-state index >= 15 is 0 Å². The van der Waals surface area contributed by atoms with Crippen LogP contribution in [0.2, 0.25) is 0 Å². The Morgan fingerprint density at radius 3 is 2.46 bits per heavy atom. The molecular formula is C21H31N3O2. The first kappa shape index (κ1) is 18.7. The molecule has 2 aliphatic rings. The number of carbonyl (C=O) groups excluding carboxylic acids is 2. The lowest BCUT2D eigenvalue weighted by Crippen LogP contribution is -2.49. The molecule has 1 saturated carbocycles. The number of carbonyl (C=O) groups is 2. The van der Waals surface area contributed by atoms with Crippen molar-refractivity contribution < 1.29 is 9.59 Å². The summed E-state index contributed by atoms with van der Waals surface area (Å²) >= 11 is 0. The van der Waals surface area contributed by atoms with Crippen molar-refractivity contribution in [2.45, 2.75) is 51.5 Å². The van der Waals surface area contributed by atoms with Gasteiger partial charge >= 0.3 is 6.03 Å². The highest BCUT2D eigenvalue weighted by Gasteiger charge is 2.33. The van der Waals surface area contributed by atoms with Gasteiger partial charge in [0.25, 0.3) is 0 Å². The number of para-hydroxylation sites is 1. The summed E-state index contributed by atoms with van der Waals surface area (Å²) in [6.07, 6.45) is 6.38. The maximum Gasteiger partial charge on any atom is 0.321 e. The Morgan fingerprint density at radius 1 is 1.08 bits per heavy atom. The molecule has 0 bridgehead atoms. The number of hydrogen-bond acceptors (Lipinski definition) is 2. The van der Waals surface area contributed by atoms with Gasteiger partial charge in [-0.05, 0) is 56.6 Å². The molecule has 1 heterocycles. The number of nitrogens with zero attached hydrogens (tertiary/aromatic N) is 2. The molecule has 2 fully saturated rings. The number of urea groups is 1. The summed E-state index contributed by atoms with van der Waals surface area (Å²) in [6.45, 7) is 3.53. The molecule has 142 valence electrons. The number of piperidine rings is 1. The fourth-order valence-electron chi connectivity index (χ4n) is 4.18. The maximum atomic E-state index is 13.0. The summed E-state index contributed by atoms with van der Waals surface area (Å²) in [5.41, 5.74) is 0.791. The predicted molar refractivity (Wildman–Crippen MR) is 104 cm³/mol. The molecule has 26 heavy (non-hydrogen) atoms. The van der Waals surface area contributed by atoms with Gasteiger partial charge in [-0.3, -0.25) is 4.79 Å². The molecule has 1 unspecified atom stereocenters. The van der Waals surface area contributed by atoms with Crippen LogP contribution in [0.3, 0.4) is 0 Å². The Kier molecular flexibility index (Phi) is 6.17. The Balaban J connectivity index is 1.55. The molecule has 5 heteroatoms. The molecule has 0 spiro atoms. The van der Waals surface area contributed by atoms with Crippen LogP contribution in [0.1, 0.15) is 45.4 Å². The van der Waals surface area contributed by atoms with E-state index in [0.29, 0.717) is 19.1 Å². The molecule has 0 aromatic heterocycles. The fourth-order valence-corrected chi connectivity index (χ4v) is 4.18. The van der Waals surface area contributed by atoms with Gasteiger partial charge in [0, 0.05) is 31.9 Å². The monoisotopic (exact) mass is 357 g/mol. The molecule has 1 N–H and O–H groups in total. The van der Waals surface area contributed by atoms with E-state index in [1.165, 1.54) is 12.8 Å². The second kappa shape index (κ2) is 8.56. The van der Waals surface area contributed by atoms with Gasteiger partial charge < -0.3 is 15.1 Å². The lowest BCUT2D eigenvalue weighted by molar-refractivity contribution is -0.138. The van der Waals surface area contributed by atoms with Crippen LogP contribution in [0.15, 0.2) is 30.3 Å². The second-order valence-electron chi connectivity index (χ2n) is 7.94.